The summed E-state index contributed by atoms with van der Waals surface area (Å²) in [5, 5.41) is 13.7. The van der Waals surface area contributed by atoms with E-state index in [1.54, 1.807) is 24.1 Å². The minimum absolute atomic E-state index is 0.0407. The van der Waals surface area contributed by atoms with Crippen molar-refractivity contribution in [2.45, 2.75) is 69.6 Å². The van der Waals surface area contributed by atoms with Crippen molar-refractivity contribution >= 4 is 17.9 Å². The zero-order valence-electron chi connectivity index (χ0n) is 24.4. The molecule has 242 valence electrons. The van der Waals surface area contributed by atoms with Gasteiger partial charge in [-0.1, -0.05) is 6.92 Å². The van der Waals surface area contributed by atoms with Gasteiger partial charge >= 0.3 is 24.4 Å². The molecule has 3 aromatic rings. The van der Waals surface area contributed by atoms with Crippen LogP contribution in [0, 0.1) is 0 Å². The summed E-state index contributed by atoms with van der Waals surface area (Å²) in [6, 6.07) is -0.989. The van der Waals surface area contributed by atoms with Crippen molar-refractivity contribution in [3.05, 3.63) is 59.7 Å². The maximum absolute atomic E-state index is 13.7. The molecular weight excluding hydrogens is 608 g/mol. The molecule has 1 N–H and O–H groups in total. The minimum Gasteiger partial charge on any atom is -0.480 e. The fourth-order valence-electron chi connectivity index (χ4n) is 6.02. The summed E-state index contributed by atoms with van der Waals surface area (Å²) >= 11 is 0. The normalized spacial score (nSPS) is 20.6. The summed E-state index contributed by atoms with van der Waals surface area (Å²) in [5.41, 5.74) is -1.85. The van der Waals surface area contributed by atoms with Crippen molar-refractivity contribution in [3.63, 3.8) is 0 Å². The zero-order valence-corrected chi connectivity index (χ0v) is 24.4. The van der Waals surface area contributed by atoms with E-state index < -0.39 is 54.1 Å². The number of aliphatic carboxylic acids is 1. The van der Waals surface area contributed by atoms with E-state index in [9.17, 15) is 41.0 Å². The minimum atomic E-state index is -5.02. The first-order valence-electron chi connectivity index (χ1n) is 14.3. The molecule has 2 saturated heterocycles. The molecule has 2 fully saturated rings. The van der Waals surface area contributed by atoms with Gasteiger partial charge in [0.05, 0.1) is 23.4 Å². The van der Waals surface area contributed by atoms with Gasteiger partial charge in [-0.15, -0.1) is 0 Å². The lowest BCUT2D eigenvalue weighted by molar-refractivity contribution is -0.143. The highest BCUT2D eigenvalue weighted by Gasteiger charge is 2.44. The first-order valence-corrected chi connectivity index (χ1v) is 14.3. The third-order valence-corrected chi connectivity index (χ3v) is 8.27. The summed E-state index contributed by atoms with van der Waals surface area (Å²) in [4.78, 5) is 38.6. The van der Waals surface area contributed by atoms with Crippen molar-refractivity contribution in [1.82, 2.24) is 29.5 Å². The number of aryl methyl sites for hydroxylation is 1. The molecule has 3 atom stereocenters. The highest BCUT2D eigenvalue weighted by molar-refractivity contribution is 5.83. The van der Waals surface area contributed by atoms with Crippen LogP contribution < -0.4 is 4.90 Å². The van der Waals surface area contributed by atoms with Gasteiger partial charge in [0.15, 0.2) is 0 Å². The lowest BCUT2D eigenvalue weighted by Crippen LogP contribution is -2.50. The molecule has 2 aliphatic heterocycles. The largest absolute Gasteiger partial charge is 0.480 e. The van der Waals surface area contributed by atoms with Crippen molar-refractivity contribution in [1.29, 1.82) is 0 Å². The number of alkyl halides is 6. The van der Waals surface area contributed by atoms with Crippen LogP contribution in [0.4, 0.5) is 37.1 Å². The van der Waals surface area contributed by atoms with Crippen LogP contribution in [0.15, 0.2) is 43.0 Å². The zero-order chi connectivity index (χ0) is 32.7. The maximum atomic E-state index is 13.7. The first-order chi connectivity index (χ1) is 21.2. The fraction of sp³-hybridized carbons (Fsp3) is 0.483. The van der Waals surface area contributed by atoms with Gasteiger partial charge in [-0.05, 0) is 49.4 Å². The molecule has 16 heteroatoms. The second-order valence-electron chi connectivity index (χ2n) is 11.3. The number of aromatic nitrogens is 4. The second-order valence-corrected chi connectivity index (χ2v) is 11.3. The Morgan fingerprint density at radius 1 is 0.978 bits per heavy atom. The number of anilines is 1. The van der Waals surface area contributed by atoms with Gasteiger partial charge in [0.25, 0.3) is 0 Å². The molecule has 4 heterocycles. The number of carboxylic acids is 1. The Labute approximate surface area is 254 Å². The fourth-order valence-corrected chi connectivity index (χ4v) is 6.02. The Morgan fingerprint density at radius 2 is 1.62 bits per heavy atom. The molecule has 0 aliphatic carbocycles. The molecule has 10 nitrogen and oxygen atoms in total. The number of carbonyl (C=O) groups excluding carboxylic acids is 1. The quantitative estimate of drug-likeness (QED) is 0.343. The molecule has 0 radical (unpaired) electrons. The molecule has 2 aliphatic rings. The topological polar surface area (TPSA) is 108 Å². The van der Waals surface area contributed by atoms with E-state index in [1.165, 1.54) is 27.1 Å². The van der Waals surface area contributed by atoms with Gasteiger partial charge in [0.2, 0.25) is 5.95 Å². The van der Waals surface area contributed by atoms with Crippen molar-refractivity contribution < 1.29 is 41.0 Å². The van der Waals surface area contributed by atoms with Crippen LogP contribution >= 0.6 is 0 Å². The Kier molecular flexibility index (Phi) is 8.68. The predicted octanol–water partition coefficient (Wildman–Crippen LogP) is 5.44. The summed E-state index contributed by atoms with van der Waals surface area (Å²) < 4.78 is 83.6. The van der Waals surface area contributed by atoms with E-state index in [-0.39, 0.29) is 36.7 Å². The van der Waals surface area contributed by atoms with Crippen LogP contribution in [0.2, 0.25) is 0 Å². The van der Waals surface area contributed by atoms with E-state index in [0.717, 1.165) is 0 Å². The number of urea groups is 1. The molecule has 0 unspecified atom stereocenters. The number of nitrogens with zero attached hydrogens (tertiary/aromatic N) is 7. The Morgan fingerprint density at radius 3 is 2.16 bits per heavy atom. The number of hydrogen-bond acceptors (Lipinski definition) is 6. The van der Waals surface area contributed by atoms with Crippen molar-refractivity contribution in [2.24, 2.45) is 7.05 Å². The van der Waals surface area contributed by atoms with E-state index in [2.05, 4.69) is 15.1 Å². The van der Waals surface area contributed by atoms with E-state index in [4.69, 9.17) is 0 Å². The highest BCUT2D eigenvalue weighted by atomic mass is 19.4. The summed E-state index contributed by atoms with van der Waals surface area (Å²) in [6.07, 6.45) is -2.12. The second kappa shape index (κ2) is 12.2. The van der Waals surface area contributed by atoms with Gasteiger partial charge in [-0.25, -0.2) is 19.6 Å². The third kappa shape index (κ3) is 6.83. The molecule has 45 heavy (non-hydrogen) atoms. The number of rotatable bonds is 7. The summed E-state index contributed by atoms with van der Waals surface area (Å²) in [7, 11) is 1.73. The van der Waals surface area contributed by atoms with Crippen molar-refractivity contribution in [3.8, 4) is 11.1 Å². The van der Waals surface area contributed by atoms with Gasteiger partial charge < -0.3 is 19.8 Å². The standard InChI is InChI=1S/C29H31F6N7O3/c1-3-22-10-23(16-42(22)27(45)40-6-4-5-24(40)25(43)44)41(26-36-11-18(12-37-26)19-13-38-39(2)15-19)14-17-7-20(28(30,31)32)9-21(8-17)29(33,34)35/h7-9,11-13,15,22-24H,3-6,10,14,16H2,1-2H3,(H,43,44)/t22-,23+,24+/m1/s1. The number of halogens is 6. The van der Waals surface area contributed by atoms with E-state index in [0.29, 0.717) is 48.9 Å². The van der Waals surface area contributed by atoms with Crippen LogP contribution in [-0.2, 0) is 30.7 Å². The van der Waals surface area contributed by atoms with Gasteiger partial charge in [0, 0.05) is 62.4 Å². The predicted molar refractivity (Wildman–Crippen MR) is 149 cm³/mol. The van der Waals surface area contributed by atoms with Gasteiger partial charge in [-0.2, -0.15) is 31.4 Å². The van der Waals surface area contributed by atoms with E-state index in [1.807, 2.05) is 6.92 Å². The summed E-state index contributed by atoms with van der Waals surface area (Å²) in [5.74, 6) is -1.06. The smallest absolute Gasteiger partial charge is 0.416 e. The van der Waals surface area contributed by atoms with Gasteiger partial charge in [0.1, 0.15) is 6.04 Å². The molecule has 0 saturated carbocycles. The van der Waals surface area contributed by atoms with Crippen LogP contribution in [0.25, 0.3) is 11.1 Å². The number of carboxylic acid groups (broad SMARTS) is 1. The molecule has 0 spiro atoms. The number of hydrogen-bond donors (Lipinski definition) is 1. The van der Waals surface area contributed by atoms with Crippen LogP contribution in [0.5, 0.6) is 0 Å². The summed E-state index contributed by atoms with van der Waals surface area (Å²) in [6.45, 7) is 1.74. The van der Waals surface area contributed by atoms with Crippen LogP contribution in [0.1, 0.15) is 49.3 Å². The molecule has 5 rings (SSSR count). The van der Waals surface area contributed by atoms with Crippen LogP contribution in [0.3, 0.4) is 0 Å². The number of benzene rings is 1. The Balaban J connectivity index is 1.51. The molecule has 2 aromatic heterocycles. The highest BCUT2D eigenvalue weighted by Crippen LogP contribution is 2.38. The number of likely N-dealkylation sites (tertiary alicyclic amines) is 2. The molecule has 0 bridgehead atoms. The monoisotopic (exact) mass is 639 g/mol. The molecule has 2 amide bonds. The maximum Gasteiger partial charge on any atom is 0.416 e. The SMILES string of the molecule is CC[C@@H]1C[C@H](N(Cc2cc(C(F)(F)F)cc(C(F)(F)F)c2)c2ncc(-c3cnn(C)c3)cn2)CN1C(=O)N1CCC[C@H]1C(=O)O. The van der Waals surface area contributed by atoms with Crippen LogP contribution in [-0.4, -0.2) is 77.9 Å². The first kappa shape index (κ1) is 32.0. The lowest BCUT2D eigenvalue weighted by atomic mass is 10.0. The van der Waals surface area contributed by atoms with Crippen molar-refractivity contribution in [2.75, 3.05) is 18.0 Å². The number of amides is 2. The average molecular weight is 640 g/mol. The Bertz CT molecular complexity index is 1510. The van der Waals surface area contributed by atoms with E-state index >= 15 is 0 Å². The molecular formula is C29H31F6N7O3. The molecule has 1 aromatic carbocycles. The third-order valence-electron chi connectivity index (χ3n) is 8.27. The lowest BCUT2D eigenvalue weighted by Gasteiger charge is -2.32. The Hall–Kier alpha value is -4.37. The number of carbonyl (C=O) groups is 2. The van der Waals surface area contributed by atoms with Gasteiger partial charge in [-0.3, -0.25) is 4.68 Å². The average Bonchev–Trinajstić information content (AvgIpc) is 3.74.